The molecule has 152 valence electrons. The highest BCUT2D eigenvalue weighted by Crippen LogP contribution is 2.42. The van der Waals surface area contributed by atoms with Gasteiger partial charge in [-0.15, -0.1) is 0 Å². The van der Waals surface area contributed by atoms with Crippen molar-refractivity contribution < 1.29 is 9.59 Å². The van der Waals surface area contributed by atoms with Crippen molar-refractivity contribution in [2.75, 3.05) is 20.1 Å². The Labute approximate surface area is 171 Å². The van der Waals surface area contributed by atoms with Gasteiger partial charge in [-0.25, -0.2) is 9.97 Å². The highest BCUT2D eigenvalue weighted by Gasteiger charge is 2.46. The Morgan fingerprint density at radius 1 is 1.17 bits per heavy atom. The summed E-state index contributed by atoms with van der Waals surface area (Å²) in [6, 6.07) is 8.24. The topological polar surface area (TPSA) is 75.2 Å². The summed E-state index contributed by atoms with van der Waals surface area (Å²) in [5.74, 6) is 1.05. The van der Waals surface area contributed by atoms with Crippen LogP contribution in [0.5, 0.6) is 0 Å². The zero-order valence-electron chi connectivity index (χ0n) is 17.1. The van der Waals surface area contributed by atoms with Crippen molar-refractivity contribution in [3.63, 3.8) is 0 Å². The molecule has 4 rings (SSSR count). The average Bonchev–Trinajstić information content (AvgIpc) is 3.50. The summed E-state index contributed by atoms with van der Waals surface area (Å²) in [6.07, 6.45) is 8.16. The molecule has 6 heteroatoms. The number of carbonyl (C=O) groups is 2. The molecule has 2 aliphatic rings. The van der Waals surface area contributed by atoms with Crippen molar-refractivity contribution in [2.24, 2.45) is 17.3 Å². The van der Waals surface area contributed by atoms with Crippen molar-refractivity contribution in [2.45, 2.75) is 32.6 Å². The van der Waals surface area contributed by atoms with Gasteiger partial charge in [0.05, 0.1) is 5.41 Å². The van der Waals surface area contributed by atoms with Crippen LogP contribution in [0.15, 0.2) is 43.0 Å². The summed E-state index contributed by atoms with van der Waals surface area (Å²) in [5, 5.41) is 2.87. The van der Waals surface area contributed by atoms with Crippen LogP contribution in [0.4, 0.5) is 0 Å². The number of nitrogens with one attached hydrogen (secondary N) is 1. The van der Waals surface area contributed by atoms with Crippen molar-refractivity contribution in [1.82, 2.24) is 20.2 Å². The van der Waals surface area contributed by atoms with Gasteiger partial charge >= 0.3 is 0 Å². The van der Waals surface area contributed by atoms with Gasteiger partial charge in [0.1, 0.15) is 6.33 Å². The lowest BCUT2D eigenvalue weighted by Gasteiger charge is -2.40. The van der Waals surface area contributed by atoms with E-state index in [0.717, 1.165) is 23.1 Å². The first-order chi connectivity index (χ1) is 14.0. The van der Waals surface area contributed by atoms with Crippen LogP contribution in [-0.4, -0.2) is 46.8 Å². The molecule has 29 heavy (non-hydrogen) atoms. The second-order valence-electron chi connectivity index (χ2n) is 8.51. The first-order valence-electron chi connectivity index (χ1n) is 10.4. The Morgan fingerprint density at radius 3 is 2.48 bits per heavy atom. The fourth-order valence-corrected chi connectivity index (χ4v) is 4.50. The summed E-state index contributed by atoms with van der Waals surface area (Å²) in [5.41, 5.74) is 2.64. The van der Waals surface area contributed by atoms with E-state index in [0.29, 0.717) is 38.3 Å². The molecule has 1 aromatic carbocycles. The Bertz CT molecular complexity index is 891. The number of nitrogens with zero attached hydrogens (tertiary/aromatic N) is 3. The SMILES string of the molecule is CNC(=O)C1(Cc2cccc(-c3cncnc3)c2)CCN(C(=O)[C@@H]2C[C@H]2C)CC1. The smallest absolute Gasteiger partial charge is 0.226 e. The highest BCUT2D eigenvalue weighted by atomic mass is 16.2. The number of hydrogen-bond donors (Lipinski definition) is 1. The van der Waals surface area contributed by atoms with E-state index in [4.69, 9.17) is 0 Å². The maximum absolute atomic E-state index is 12.9. The van der Waals surface area contributed by atoms with Crippen molar-refractivity contribution in [3.05, 3.63) is 48.5 Å². The molecule has 1 N–H and O–H groups in total. The summed E-state index contributed by atoms with van der Waals surface area (Å²) in [6.45, 7) is 3.44. The van der Waals surface area contributed by atoms with E-state index in [1.165, 1.54) is 6.33 Å². The molecule has 2 amide bonds. The van der Waals surface area contributed by atoms with Crippen LogP contribution in [0.25, 0.3) is 11.1 Å². The van der Waals surface area contributed by atoms with Crippen molar-refractivity contribution in [3.8, 4) is 11.1 Å². The molecule has 1 saturated heterocycles. The number of amides is 2. The number of hydrogen-bond acceptors (Lipinski definition) is 4. The van der Waals surface area contributed by atoms with Crippen LogP contribution >= 0.6 is 0 Å². The number of benzene rings is 1. The van der Waals surface area contributed by atoms with E-state index >= 15 is 0 Å². The largest absolute Gasteiger partial charge is 0.359 e. The minimum Gasteiger partial charge on any atom is -0.359 e. The zero-order valence-corrected chi connectivity index (χ0v) is 17.1. The number of rotatable bonds is 5. The molecule has 2 heterocycles. The van der Waals surface area contributed by atoms with Gasteiger partial charge in [-0.3, -0.25) is 9.59 Å². The maximum atomic E-state index is 12.9. The lowest BCUT2D eigenvalue weighted by Crippen LogP contribution is -2.51. The number of aromatic nitrogens is 2. The minimum absolute atomic E-state index is 0.0674. The predicted octanol–water partition coefficient (Wildman–Crippen LogP) is 2.70. The molecule has 2 aromatic rings. The van der Waals surface area contributed by atoms with Crippen LogP contribution in [0, 0.1) is 17.3 Å². The Hall–Kier alpha value is -2.76. The highest BCUT2D eigenvalue weighted by molar-refractivity contribution is 5.84. The lowest BCUT2D eigenvalue weighted by atomic mass is 9.72. The summed E-state index contributed by atoms with van der Waals surface area (Å²) in [4.78, 5) is 35.6. The molecule has 2 atom stereocenters. The quantitative estimate of drug-likeness (QED) is 0.849. The van der Waals surface area contributed by atoms with Gasteiger partial charge in [-0.2, -0.15) is 0 Å². The molecule has 1 aromatic heterocycles. The van der Waals surface area contributed by atoms with Gasteiger partial charge in [-0.05, 0) is 42.7 Å². The van der Waals surface area contributed by atoms with Gasteiger partial charge in [0, 0.05) is 44.0 Å². The summed E-state index contributed by atoms with van der Waals surface area (Å²) in [7, 11) is 1.70. The van der Waals surface area contributed by atoms with Crippen LogP contribution in [0.3, 0.4) is 0 Å². The fourth-order valence-electron chi connectivity index (χ4n) is 4.50. The molecule has 2 fully saturated rings. The van der Waals surface area contributed by atoms with Crippen LogP contribution < -0.4 is 5.32 Å². The Balaban J connectivity index is 1.51. The monoisotopic (exact) mass is 392 g/mol. The van der Waals surface area contributed by atoms with E-state index in [-0.39, 0.29) is 17.7 Å². The fraction of sp³-hybridized carbons (Fsp3) is 0.478. The van der Waals surface area contributed by atoms with Gasteiger partial charge in [0.15, 0.2) is 0 Å². The van der Waals surface area contributed by atoms with E-state index in [1.807, 2.05) is 17.0 Å². The molecule has 0 unspecified atom stereocenters. The average molecular weight is 393 g/mol. The van der Waals surface area contributed by atoms with E-state index in [9.17, 15) is 9.59 Å². The third-order valence-corrected chi connectivity index (χ3v) is 6.53. The number of carbonyl (C=O) groups excluding carboxylic acids is 2. The molecular formula is C23H28N4O2. The summed E-state index contributed by atoms with van der Waals surface area (Å²) < 4.78 is 0. The van der Waals surface area contributed by atoms with Gasteiger partial charge < -0.3 is 10.2 Å². The minimum atomic E-state index is -0.480. The number of piperidine rings is 1. The molecule has 1 aliphatic carbocycles. The van der Waals surface area contributed by atoms with E-state index in [2.05, 4.69) is 34.3 Å². The summed E-state index contributed by atoms with van der Waals surface area (Å²) >= 11 is 0. The molecule has 0 radical (unpaired) electrons. The van der Waals surface area contributed by atoms with Crippen LogP contribution in [0.1, 0.15) is 31.7 Å². The first kappa shape index (κ1) is 19.6. The molecule has 1 aliphatic heterocycles. The first-order valence-corrected chi connectivity index (χ1v) is 10.4. The Kier molecular flexibility index (Phi) is 5.35. The molecular weight excluding hydrogens is 364 g/mol. The predicted molar refractivity (Wildman–Crippen MR) is 111 cm³/mol. The lowest BCUT2D eigenvalue weighted by molar-refractivity contribution is -0.141. The van der Waals surface area contributed by atoms with Gasteiger partial charge in [0.25, 0.3) is 0 Å². The second kappa shape index (κ2) is 7.93. The molecule has 0 bridgehead atoms. The van der Waals surface area contributed by atoms with Crippen LogP contribution in [-0.2, 0) is 16.0 Å². The normalized spacial score (nSPS) is 22.8. The van der Waals surface area contributed by atoms with Gasteiger partial charge in [-0.1, -0.05) is 31.2 Å². The van der Waals surface area contributed by atoms with Crippen molar-refractivity contribution >= 4 is 11.8 Å². The maximum Gasteiger partial charge on any atom is 0.226 e. The molecule has 1 saturated carbocycles. The number of likely N-dealkylation sites (tertiary alicyclic amines) is 1. The molecule has 0 spiro atoms. The van der Waals surface area contributed by atoms with E-state index in [1.54, 1.807) is 19.4 Å². The molecule has 6 nitrogen and oxygen atoms in total. The van der Waals surface area contributed by atoms with Gasteiger partial charge in [0.2, 0.25) is 11.8 Å². The third kappa shape index (κ3) is 4.02. The van der Waals surface area contributed by atoms with Crippen LogP contribution in [0.2, 0.25) is 0 Å². The second-order valence-corrected chi connectivity index (χ2v) is 8.51. The zero-order chi connectivity index (χ0) is 20.4. The standard InChI is InChI=1S/C23H28N4O2/c1-16-10-20(16)21(28)27-8-6-23(7-9-27,22(29)24-2)12-17-4-3-5-18(11-17)19-13-25-15-26-14-19/h3-5,11,13-16,20H,6-10,12H2,1-2H3,(H,24,29)/t16-,20-/m1/s1. The third-order valence-electron chi connectivity index (χ3n) is 6.53. The van der Waals surface area contributed by atoms with Crippen molar-refractivity contribution in [1.29, 1.82) is 0 Å². The van der Waals surface area contributed by atoms with E-state index < -0.39 is 5.41 Å². The Morgan fingerprint density at radius 2 is 1.86 bits per heavy atom.